The van der Waals surface area contributed by atoms with E-state index >= 15 is 0 Å². The van der Waals surface area contributed by atoms with Gasteiger partial charge in [-0.2, -0.15) is 9.61 Å². The van der Waals surface area contributed by atoms with Crippen molar-refractivity contribution in [3.8, 4) is 0 Å². The van der Waals surface area contributed by atoms with Gasteiger partial charge in [-0.25, -0.2) is 4.39 Å². The molecule has 0 unspecified atom stereocenters. The van der Waals surface area contributed by atoms with Crippen molar-refractivity contribution in [2.75, 3.05) is 6.54 Å². The van der Waals surface area contributed by atoms with Gasteiger partial charge in [0.25, 0.3) is 11.5 Å². The molecule has 0 N–H and O–H groups in total. The fourth-order valence-corrected chi connectivity index (χ4v) is 3.48. The highest BCUT2D eigenvalue weighted by molar-refractivity contribution is 5.94. The molecule has 7 heteroatoms. The van der Waals surface area contributed by atoms with Crippen molar-refractivity contribution >= 4 is 11.6 Å². The van der Waals surface area contributed by atoms with Crippen molar-refractivity contribution in [1.29, 1.82) is 0 Å². The molecule has 0 fully saturated rings. The first-order valence-electron chi connectivity index (χ1n) is 9.49. The number of amides is 1. The smallest absolute Gasteiger partial charge is 0.274 e. The van der Waals surface area contributed by atoms with Crippen LogP contribution in [0.1, 0.15) is 47.6 Å². The van der Waals surface area contributed by atoms with Crippen LogP contribution in [0, 0.1) is 12.7 Å². The lowest BCUT2D eigenvalue weighted by molar-refractivity contribution is 0.0740. The summed E-state index contributed by atoms with van der Waals surface area (Å²) in [6.45, 7) is 6.65. The van der Waals surface area contributed by atoms with E-state index in [-0.39, 0.29) is 18.0 Å². The number of aromatic nitrogens is 3. The second kappa shape index (κ2) is 7.96. The minimum Gasteiger partial charge on any atom is -0.333 e. The lowest BCUT2D eigenvalue weighted by Gasteiger charge is -2.22. The molecule has 3 aromatic rings. The highest BCUT2D eigenvalue weighted by atomic mass is 19.1. The zero-order chi connectivity index (χ0) is 20.4. The molecule has 0 aliphatic rings. The summed E-state index contributed by atoms with van der Waals surface area (Å²) in [6.07, 6.45) is 1.44. The number of halogens is 1. The molecule has 0 saturated carbocycles. The van der Waals surface area contributed by atoms with Crippen LogP contribution in [0.25, 0.3) is 5.65 Å². The van der Waals surface area contributed by atoms with Crippen molar-refractivity contribution in [2.45, 2.75) is 40.2 Å². The third kappa shape index (κ3) is 3.56. The van der Waals surface area contributed by atoms with Crippen LogP contribution in [0.2, 0.25) is 0 Å². The molecule has 1 aromatic carbocycles. The summed E-state index contributed by atoms with van der Waals surface area (Å²) < 4.78 is 16.9. The lowest BCUT2D eigenvalue weighted by atomic mass is 10.1. The number of fused-ring (bicyclic) bond motifs is 1. The fourth-order valence-electron chi connectivity index (χ4n) is 3.48. The maximum Gasteiger partial charge on any atom is 0.274 e. The minimum atomic E-state index is -0.442. The van der Waals surface area contributed by atoms with E-state index in [1.54, 1.807) is 17.0 Å². The summed E-state index contributed by atoms with van der Waals surface area (Å²) in [5, 5.41) is 4.52. The quantitative estimate of drug-likeness (QED) is 0.656. The van der Waals surface area contributed by atoms with Crippen LogP contribution in [-0.4, -0.2) is 31.5 Å². The molecular weight excluding hydrogens is 359 g/mol. The van der Waals surface area contributed by atoms with Gasteiger partial charge in [0, 0.05) is 36.5 Å². The highest BCUT2D eigenvalue weighted by Gasteiger charge is 2.22. The second-order valence-corrected chi connectivity index (χ2v) is 6.93. The van der Waals surface area contributed by atoms with Crippen LogP contribution in [-0.2, 0) is 20.0 Å². The molecule has 2 aromatic heterocycles. The monoisotopic (exact) mass is 384 g/mol. The molecule has 0 bridgehead atoms. The molecule has 28 heavy (non-hydrogen) atoms. The van der Waals surface area contributed by atoms with Gasteiger partial charge in [0.2, 0.25) is 0 Å². The van der Waals surface area contributed by atoms with Gasteiger partial charge in [-0.1, -0.05) is 19.9 Å². The number of nitrogens with zero attached hydrogens (tertiary/aromatic N) is 4. The number of rotatable bonds is 6. The van der Waals surface area contributed by atoms with Crippen molar-refractivity contribution in [1.82, 2.24) is 19.1 Å². The molecule has 0 saturated heterocycles. The zero-order valence-electron chi connectivity index (χ0n) is 16.7. The number of benzene rings is 1. The molecule has 0 aliphatic carbocycles. The summed E-state index contributed by atoms with van der Waals surface area (Å²) in [7, 11) is 1.90. The number of carbonyl (C=O) groups is 1. The highest BCUT2D eigenvalue weighted by Crippen LogP contribution is 2.19. The van der Waals surface area contributed by atoms with Crippen LogP contribution >= 0.6 is 0 Å². The third-order valence-corrected chi connectivity index (χ3v) is 4.97. The normalized spacial score (nSPS) is 11.2. The van der Waals surface area contributed by atoms with Crippen molar-refractivity contribution in [2.24, 2.45) is 7.05 Å². The third-order valence-electron chi connectivity index (χ3n) is 4.97. The Morgan fingerprint density at radius 2 is 2.00 bits per heavy atom. The summed E-state index contributed by atoms with van der Waals surface area (Å²) in [6, 6.07) is 7.24. The Balaban J connectivity index is 2.05. The fraction of sp³-hybridized carbons (Fsp3) is 0.381. The predicted molar refractivity (Wildman–Crippen MR) is 106 cm³/mol. The standard InChI is InChI=1S/C21H25FN4O2/c1-5-10-25(21(28)15-8-7-9-16(22)12-15)13-18-17(6-2)20-24(4)14(3)11-19(27)26(20)23-18/h7-9,11-12H,5-6,10,13H2,1-4H3. The van der Waals surface area contributed by atoms with Gasteiger partial charge in [0.15, 0.2) is 0 Å². The summed E-state index contributed by atoms with van der Waals surface area (Å²) in [5.74, 6) is -0.689. The van der Waals surface area contributed by atoms with E-state index in [2.05, 4.69) is 5.10 Å². The zero-order valence-corrected chi connectivity index (χ0v) is 16.7. The molecule has 0 aliphatic heterocycles. The van der Waals surface area contributed by atoms with Gasteiger partial charge in [0.1, 0.15) is 11.5 Å². The number of hydrogen-bond acceptors (Lipinski definition) is 3. The van der Waals surface area contributed by atoms with Gasteiger partial charge in [-0.15, -0.1) is 0 Å². The van der Waals surface area contributed by atoms with Crippen LogP contribution in [0.4, 0.5) is 4.39 Å². The summed E-state index contributed by atoms with van der Waals surface area (Å²) in [4.78, 5) is 27.0. The van der Waals surface area contributed by atoms with Gasteiger partial charge in [0.05, 0.1) is 12.2 Å². The van der Waals surface area contributed by atoms with E-state index in [4.69, 9.17) is 0 Å². The SMILES string of the molecule is CCCN(Cc1nn2c(=O)cc(C)n(C)c2c1CC)C(=O)c1cccc(F)c1. The first-order chi connectivity index (χ1) is 13.4. The Kier molecular flexibility index (Phi) is 5.63. The average molecular weight is 384 g/mol. The molecule has 0 atom stereocenters. The topological polar surface area (TPSA) is 59.6 Å². The van der Waals surface area contributed by atoms with E-state index in [1.807, 2.05) is 32.4 Å². The van der Waals surface area contributed by atoms with Crippen molar-refractivity contribution in [3.63, 3.8) is 0 Å². The second-order valence-electron chi connectivity index (χ2n) is 6.93. The Morgan fingerprint density at radius 1 is 1.25 bits per heavy atom. The summed E-state index contributed by atoms with van der Waals surface area (Å²) in [5.41, 5.74) is 3.35. The first kappa shape index (κ1) is 19.8. The predicted octanol–water partition coefficient (Wildman–Crippen LogP) is 3.10. The molecule has 1 amide bonds. The van der Waals surface area contributed by atoms with Gasteiger partial charge in [-0.05, 0) is 38.0 Å². The maximum absolute atomic E-state index is 13.6. The first-order valence-corrected chi connectivity index (χ1v) is 9.49. The Hall–Kier alpha value is -2.96. The average Bonchev–Trinajstić information content (AvgIpc) is 3.04. The van der Waals surface area contributed by atoms with Crippen molar-refractivity contribution in [3.05, 3.63) is 69.0 Å². The molecule has 3 rings (SSSR count). The van der Waals surface area contributed by atoms with Crippen LogP contribution < -0.4 is 5.56 Å². The Bertz CT molecular complexity index is 1080. The maximum atomic E-state index is 13.6. The molecule has 0 spiro atoms. The molecule has 148 valence electrons. The number of carbonyl (C=O) groups excluding carboxylic acids is 1. The Morgan fingerprint density at radius 3 is 2.64 bits per heavy atom. The van der Waals surface area contributed by atoms with Gasteiger partial charge < -0.3 is 9.47 Å². The van der Waals surface area contributed by atoms with E-state index in [9.17, 15) is 14.0 Å². The Labute approximate surface area is 163 Å². The van der Waals surface area contributed by atoms with E-state index in [0.29, 0.717) is 24.2 Å². The lowest BCUT2D eigenvalue weighted by Crippen LogP contribution is -2.32. The number of hydrogen-bond donors (Lipinski definition) is 0. The molecule has 6 nitrogen and oxygen atoms in total. The van der Waals surface area contributed by atoms with Gasteiger partial charge in [-0.3, -0.25) is 9.59 Å². The molecule has 2 heterocycles. The van der Waals surface area contributed by atoms with Crippen LogP contribution in [0.5, 0.6) is 0 Å². The molecular formula is C21H25FN4O2. The van der Waals surface area contributed by atoms with E-state index < -0.39 is 5.82 Å². The molecule has 0 radical (unpaired) electrons. The van der Waals surface area contributed by atoms with Crippen LogP contribution in [0.3, 0.4) is 0 Å². The summed E-state index contributed by atoms with van der Waals surface area (Å²) >= 11 is 0. The van der Waals surface area contributed by atoms with Crippen molar-refractivity contribution < 1.29 is 9.18 Å². The van der Waals surface area contributed by atoms with Crippen LogP contribution in [0.15, 0.2) is 35.1 Å². The van der Waals surface area contributed by atoms with E-state index in [0.717, 1.165) is 23.3 Å². The minimum absolute atomic E-state index is 0.190. The largest absolute Gasteiger partial charge is 0.333 e. The number of aryl methyl sites for hydroxylation is 3. The van der Waals surface area contributed by atoms with E-state index in [1.165, 1.54) is 22.7 Å². The van der Waals surface area contributed by atoms with Gasteiger partial charge >= 0.3 is 0 Å².